The Balaban J connectivity index is 1.21. The molecule has 6 rings (SSSR count). The highest BCUT2D eigenvalue weighted by molar-refractivity contribution is 5.91. The zero-order chi connectivity index (χ0) is 23.4. The average molecular weight is 459 g/mol. The zero-order valence-electron chi connectivity index (χ0n) is 19.0. The number of rotatable bonds is 6. The minimum absolute atomic E-state index is 0.0775. The summed E-state index contributed by atoms with van der Waals surface area (Å²) in [5.41, 5.74) is 9.31. The van der Waals surface area contributed by atoms with Crippen molar-refractivity contribution in [3.05, 3.63) is 54.9 Å². The second-order valence-corrected chi connectivity index (χ2v) is 9.21. The van der Waals surface area contributed by atoms with E-state index in [0.717, 1.165) is 18.8 Å². The van der Waals surface area contributed by atoms with Crippen molar-refractivity contribution in [2.45, 2.75) is 38.4 Å². The molecule has 2 bridgehead atoms. The van der Waals surface area contributed by atoms with Crippen molar-refractivity contribution in [2.75, 3.05) is 23.3 Å². The lowest BCUT2D eigenvalue weighted by atomic mass is 10.2. The maximum Gasteiger partial charge on any atom is 0.284 e. The van der Waals surface area contributed by atoms with E-state index < -0.39 is 5.91 Å². The zero-order valence-corrected chi connectivity index (χ0v) is 19.0. The monoisotopic (exact) mass is 458 g/mol. The highest BCUT2D eigenvalue weighted by Gasteiger charge is 2.43. The van der Waals surface area contributed by atoms with Gasteiger partial charge in [-0.3, -0.25) is 9.69 Å². The molecule has 10 heteroatoms. The van der Waals surface area contributed by atoms with Gasteiger partial charge in [0.15, 0.2) is 17.2 Å². The van der Waals surface area contributed by atoms with E-state index in [1.54, 1.807) is 16.8 Å². The number of nitrogens with one attached hydrogen (secondary N) is 1. The van der Waals surface area contributed by atoms with Crippen LogP contribution in [0, 0.1) is 0 Å². The Bertz CT molecular complexity index is 1360. The number of fused-ring (bicyclic) bond motifs is 3. The number of nitrogens with zero attached hydrogens (tertiary/aromatic N) is 6. The number of carbonyl (C=O) groups is 1. The van der Waals surface area contributed by atoms with Gasteiger partial charge in [0, 0.05) is 48.2 Å². The van der Waals surface area contributed by atoms with Gasteiger partial charge in [-0.05, 0) is 50.6 Å². The number of likely N-dealkylation sites (tertiary alicyclic amines) is 1. The number of furan rings is 1. The lowest BCUT2D eigenvalue weighted by molar-refractivity contribution is 0.0974. The maximum atomic E-state index is 11.4. The van der Waals surface area contributed by atoms with E-state index in [1.807, 2.05) is 0 Å². The van der Waals surface area contributed by atoms with Crippen LogP contribution in [0.4, 0.5) is 17.2 Å². The molecule has 1 amide bonds. The third-order valence-electron chi connectivity index (χ3n) is 6.85. The second kappa shape index (κ2) is 7.84. The van der Waals surface area contributed by atoms with Gasteiger partial charge in [-0.1, -0.05) is 0 Å². The Morgan fingerprint density at radius 3 is 2.68 bits per heavy atom. The Labute approximate surface area is 196 Å². The normalized spacial score (nSPS) is 20.0. The third-order valence-corrected chi connectivity index (χ3v) is 6.85. The van der Waals surface area contributed by atoms with Gasteiger partial charge in [0.2, 0.25) is 0 Å². The lowest BCUT2D eigenvalue weighted by Crippen LogP contribution is -2.48. The molecule has 174 valence electrons. The van der Waals surface area contributed by atoms with Gasteiger partial charge in [0.05, 0.1) is 11.9 Å². The molecule has 34 heavy (non-hydrogen) atoms. The fraction of sp³-hybridized carbons (Fsp3) is 0.333. The Morgan fingerprint density at radius 2 is 2.00 bits per heavy atom. The van der Waals surface area contributed by atoms with Crippen molar-refractivity contribution < 1.29 is 9.21 Å². The number of aromatic nitrogens is 4. The molecular weight excluding hydrogens is 432 g/mol. The van der Waals surface area contributed by atoms with Crippen LogP contribution in [0.1, 0.15) is 30.8 Å². The van der Waals surface area contributed by atoms with Crippen LogP contribution in [0.25, 0.3) is 16.9 Å². The van der Waals surface area contributed by atoms with Crippen LogP contribution in [0.5, 0.6) is 0 Å². The van der Waals surface area contributed by atoms with E-state index in [9.17, 15) is 4.79 Å². The van der Waals surface area contributed by atoms with E-state index in [2.05, 4.69) is 68.3 Å². The van der Waals surface area contributed by atoms with E-state index in [0.29, 0.717) is 40.8 Å². The van der Waals surface area contributed by atoms with Gasteiger partial charge < -0.3 is 20.4 Å². The first-order valence-corrected chi connectivity index (χ1v) is 11.4. The summed E-state index contributed by atoms with van der Waals surface area (Å²) in [5.74, 6) is 0.0314. The summed E-state index contributed by atoms with van der Waals surface area (Å²) < 4.78 is 6.89. The molecule has 5 heterocycles. The molecule has 4 aromatic rings. The first-order chi connectivity index (χ1) is 16.5. The summed E-state index contributed by atoms with van der Waals surface area (Å²) in [4.78, 5) is 25.4. The molecule has 3 N–H and O–H groups in total. The predicted molar refractivity (Wildman–Crippen MR) is 128 cm³/mol. The number of hydrogen-bond donors (Lipinski definition) is 2. The molecule has 0 aliphatic carbocycles. The van der Waals surface area contributed by atoms with E-state index in [1.165, 1.54) is 24.7 Å². The van der Waals surface area contributed by atoms with Crippen molar-refractivity contribution in [3.8, 4) is 11.3 Å². The Kier molecular flexibility index (Phi) is 4.77. The molecule has 2 aliphatic heterocycles. The quantitative estimate of drug-likeness (QED) is 0.453. The molecule has 3 aromatic heterocycles. The molecule has 2 atom stereocenters. The van der Waals surface area contributed by atoms with Crippen LogP contribution < -0.4 is 16.0 Å². The van der Waals surface area contributed by atoms with Crippen molar-refractivity contribution in [1.82, 2.24) is 24.5 Å². The van der Waals surface area contributed by atoms with Gasteiger partial charge in [-0.25, -0.2) is 14.5 Å². The smallest absolute Gasteiger partial charge is 0.284 e. The molecule has 10 nitrogen and oxygen atoms in total. The first-order valence-electron chi connectivity index (χ1n) is 11.4. The predicted octanol–water partition coefficient (Wildman–Crippen LogP) is 2.90. The van der Waals surface area contributed by atoms with E-state index in [-0.39, 0.29) is 5.76 Å². The molecule has 0 saturated carbocycles. The third kappa shape index (κ3) is 3.38. The minimum atomic E-state index is -0.630. The van der Waals surface area contributed by atoms with Gasteiger partial charge in [0.1, 0.15) is 12.6 Å². The molecular formula is C24H26N8O2. The summed E-state index contributed by atoms with van der Waals surface area (Å²) in [6, 6.07) is 11.9. The van der Waals surface area contributed by atoms with Crippen LogP contribution in [0.3, 0.4) is 0 Å². The van der Waals surface area contributed by atoms with Crippen molar-refractivity contribution in [2.24, 2.45) is 5.73 Å². The van der Waals surface area contributed by atoms with Crippen molar-refractivity contribution >= 4 is 28.7 Å². The number of carbonyl (C=O) groups excluding carboxylic acids is 1. The lowest BCUT2D eigenvalue weighted by Gasteiger charge is -2.37. The topological polar surface area (TPSA) is 118 Å². The molecule has 0 spiro atoms. The highest BCUT2D eigenvalue weighted by atomic mass is 16.3. The fourth-order valence-electron chi connectivity index (χ4n) is 5.22. The molecule has 0 radical (unpaired) electrons. The number of nitrogens with two attached hydrogens (primary N) is 1. The molecule has 1 aromatic carbocycles. The van der Waals surface area contributed by atoms with Gasteiger partial charge >= 0.3 is 0 Å². The molecule has 0 unspecified atom stereocenters. The van der Waals surface area contributed by atoms with Gasteiger partial charge in [-0.15, -0.1) is 0 Å². The molecule has 2 saturated heterocycles. The summed E-state index contributed by atoms with van der Waals surface area (Å²) in [7, 11) is 0. The van der Waals surface area contributed by atoms with Crippen LogP contribution in [0.15, 0.2) is 53.5 Å². The summed E-state index contributed by atoms with van der Waals surface area (Å²) >= 11 is 0. The SMILES string of the molecule is CC(C)N1C[C@@H]2C[C@H]1CN2c1ccc(Nc2ncc(-c3coc(C(N)=O)c3)n3ncnc23)cc1. The fourth-order valence-corrected chi connectivity index (χ4v) is 5.22. The average Bonchev–Trinajstić information content (AvgIpc) is 3.63. The van der Waals surface area contributed by atoms with Gasteiger partial charge in [0.25, 0.3) is 5.91 Å². The van der Waals surface area contributed by atoms with Crippen molar-refractivity contribution in [1.29, 1.82) is 0 Å². The van der Waals surface area contributed by atoms with Gasteiger partial charge in [-0.2, -0.15) is 5.10 Å². The first kappa shape index (κ1) is 20.7. The highest BCUT2D eigenvalue weighted by Crippen LogP contribution is 2.36. The standard InChI is InChI=1S/C24H26N8O2/c1-14(2)30-10-19-8-18(30)11-31(19)17-5-3-16(4-6-17)29-23-24-27-13-28-32(24)20(9-26-23)15-7-21(22(25)33)34-12-15/h3-7,9,12-14,18-19H,8,10-11H2,1-2H3,(H2,25,33)(H,26,29)/t18-,19-/m0/s1. The van der Waals surface area contributed by atoms with E-state index >= 15 is 0 Å². The largest absolute Gasteiger partial charge is 0.458 e. The van der Waals surface area contributed by atoms with Crippen LogP contribution in [-0.4, -0.2) is 61.6 Å². The molecule has 2 aliphatic rings. The second-order valence-electron chi connectivity index (χ2n) is 9.21. The number of piperazine rings is 1. The number of primary amides is 1. The summed E-state index contributed by atoms with van der Waals surface area (Å²) in [5, 5.41) is 7.67. The number of benzene rings is 1. The maximum absolute atomic E-state index is 11.4. The van der Waals surface area contributed by atoms with Crippen LogP contribution in [-0.2, 0) is 0 Å². The van der Waals surface area contributed by atoms with Crippen LogP contribution in [0.2, 0.25) is 0 Å². The molecule has 2 fully saturated rings. The minimum Gasteiger partial charge on any atom is -0.458 e. The van der Waals surface area contributed by atoms with Crippen molar-refractivity contribution in [3.63, 3.8) is 0 Å². The van der Waals surface area contributed by atoms with E-state index in [4.69, 9.17) is 10.2 Å². The number of anilines is 3. The summed E-state index contributed by atoms with van der Waals surface area (Å²) in [6.45, 7) is 6.80. The number of amides is 1. The summed E-state index contributed by atoms with van der Waals surface area (Å²) in [6.07, 6.45) is 5.83. The Hall–Kier alpha value is -3.92. The number of hydrogen-bond acceptors (Lipinski definition) is 8. The van der Waals surface area contributed by atoms with Crippen LogP contribution >= 0.6 is 0 Å². The Morgan fingerprint density at radius 1 is 1.18 bits per heavy atom.